The highest BCUT2D eigenvalue weighted by Gasteiger charge is 2.44. The molecule has 1 aromatic heterocycles. The second-order valence-corrected chi connectivity index (χ2v) is 5.61. The van der Waals surface area contributed by atoms with Crippen LogP contribution in [-0.4, -0.2) is 57.7 Å². The van der Waals surface area contributed by atoms with Crippen LogP contribution in [0, 0.1) is 6.92 Å². The summed E-state index contributed by atoms with van der Waals surface area (Å²) < 4.78 is 23.8. The minimum atomic E-state index is -1.56. The zero-order valence-corrected chi connectivity index (χ0v) is 12.7. The molecule has 4 N–H and O–H groups in total. The van der Waals surface area contributed by atoms with Crippen LogP contribution in [0.15, 0.2) is 33.5 Å². The summed E-state index contributed by atoms with van der Waals surface area (Å²) in [5.74, 6) is 0.156. The van der Waals surface area contributed by atoms with Crippen LogP contribution in [0.4, 0.5) is 0 Å². The van der Waals surface area contributed by atoms with E-state index in [2.05, 4.69) is 0 Å². The van der Waals surface area contributed by atoms with E-state index in [-0.39, 0.29) is 22.9 Å². The summed E-state index contributed by atoms with van der Waals surface area (Å²) in [5, 5.41) is 39.1. The first-order chi connectivity index (χ1) is 11.8. The summed E-state index contributed by atoms with van der Waals surface area (Å²) in [5.41, 5.74) is -0.319. The third kappa shape index (κ3) is 3.02. The van der Waals surface area contributed by atoms with Crippen LogP contribution in [0.3, 0.4) is 0 Å². The fraction of sp³-hybridized carbons (Fsp3) is 0.438. The van der Waals surface area contributed by atoms with E-state index in [0.29, 0.717) is 5.39 Å². The standard InChI is InChI=1S/C16H18O8/c1-7-4-8-2-3-9(5-10(8)23-15(7)21)22-16-14(20)13(19)12(18)11(6-17)24-16/h2-5,11-14,16-20H,6H2,1H3/t11-,12+,13+,14-,16?/m1/s1/i4D. The van der Waals surface area contributed by atoms with Crippen LogP contribution in [0.1, 0.15) is 6.93 Å². The molecule has 1 unspecified atom stereocenters. The Morgan fingerprint density at radius 1 is 1.25 bits per heavy atom. The second kappa shape index (κ2) is 6.50. The molecule has 24 heavy (non-hydrogen) atoms. The van der Waals surface area contributed by atoms with Gasteiger partial charge in [0.25, 0.3) is 0 Å². The molecule has 0 bridgehead atoms. The monoisotopic (exact) mass is 339 g/mol. The zero-order valence-electron chi connectivity index (χ0n) is 13.7. The Morgan fingerprint density at radius 3 is 2.71 bits per heavy atom. The van der Waals surface area contributed by atoms with E-state index in [1.807, 2.05) is 0 Å². The van der Waals surface area contributed by atoms with Crippen LogP contribution in [0.2, 0.25) is 0 Å². The van der Waals surface area contributed by atoms with E-state index in [9.17, 15) is 25.2 Å². The molecule has 1 saturated heterocycles. The van der Waals surface area contributed by atoms with Crippen molar-refractivity contribution in [1.82, 2.24) is 0 Å². The van der Waals surface area contributed by atoms with Crippen LogP contribution >= 0.6 is 0 Å². The molecule has 8 heteroatoms. The molecule has 2 aromatic rings. The van der Waals surface area contributed by atoms with Crippen LogP contribution in [0.5, 0.6) is 5.75 Å². The van der Waals surface area contributed by atoms with Gasteiger partial charge < -0.3 is 34.3 Å². The molecule has 5 atom stereocenters. The first kappa shape index (κ1) is 15.6. The van der Waals surface area contributed by atoms with Gasteiger partial charge in [0.2, 0.25) is 6.29 Å². The first-order valence-corrected chi connectivity index (χ1v) is 7.34. The van der Waals surface area contributed by atoms with Gasteiger partial charge >= 0.3 is 5.63 Å². The van der Waals surface area contributed by atoms with Gasteiger partial charge in [0, 0.05) is 17.0 Å². The fourth-order valence-electron chi connectivity index (χ4n) is 2.49. The van der Waals surface area contributed by atoms with Gasteiger partial charge in [-0.2, -0.15) is 0 Å². The molecule has 1 aliphatic rings. The molecule has 8 nitrogen and oxygen atoms in total. The van der Waals surface area contributed by atoms with Crippen molar-refractivity contribution in [2.75, 3.05) is 6.61 Å². The molecule has 0 spiro atoms. The molecule has 1 aliphatic heterocycles. The summed E-state index contributed by atoms with van der Waals surface area (Å²) in [7, 11) is 0. The minimum absolute atomic E-state index is 0.0469. The molecule has 130 valence electrons. The molecule has 3 rings (SSSR count). The maximum Gasteiger partial charge on any atom is 0.339 e. The maximum absolute atomic E-state index is 11.7. The highest BCUT2D eigenvalue weighted by molar-refractivity contribution is 5.78. The number of benzene rings is 1. The quantitative estimate of drug-likeness (QED) is 0.539. The Kier molecular flexibility index (Phi) is 4.21. The predicted octanol–water partition coefficient (Wildman–Crippen LogP) is -0.720. The van der Waals surface area contributed by atoms with Crippen molar-refractivity contribution in [1.29, 1.82) is 0 Å². The van der Waals surface area contributed by atoms with E-state index in [1.54, 1.807) is 0 Å². The van der Waals surface area contributed by atoms with Gasteiger partial charge in [-0.25, -0.2) is 4.79 Å². The van der Waals surface area contributed by atoms with E-state index in [1.165, 1.54) is 25.1 Å². The van der Waals surface area contributed by atoms with Gasteiger partial charge in [0.1, 0.15) is 35.7 Å². The lowest BCUT2D eigenvalue weighted by molar-refractivity contribution is -0.277. The van der Waals surface area contributed by atoms with Gasteiger partial charge in [0.05, 0.1) is 7.98 Å². The average molecular weight is 339 g/mol. The van der Waals surface area contributed by atoms with Crippen molar-refractivity contribution in [3.63, 3.8) is 0 Å². The minimum Gasteiger partial charge on any atom is -0.462 e. The van der Waals surface area contributed by atoms with Gasteiger partial charge in [0.15, 0.2) is 0 Å². The van der Waals surface area contributed by atoms with Crippen LogP contribution < -0.4 is 10.4 Å². The van der Waals surface area contributed by atoms with E-state index in [0.717, 1.165) is 0 Å². The third-order valence-electron chi connectivity index (χ3n) is 3.88. The highest BCUT2D eigenvalue weighted by atomic mass is 16.7. The fourth-order valence-corrected chi connectivity index (χ4v) is 2.49. The average Bonchev–Trinajstić information content (AvgIpc) is 2.60. The van der Waals surface area contributed by atoms with Crippen molar-refractivity contribution < 1.29 is 35.7 Å². The van der Waals surface area contributed by atoms with E-state index >= 15 is 0 Å². The van der Waals surface area contributed by atoms with Crippen molar-refractivity contribution in [2.24, 2.45) is 0 Å². The molecular weight excluding hydrogens is 320 g/mol. The molecule has 0 aliphatic carbocycles. The van der Waals surface area contributed by atoms with Crippen molar-refractivity contribution >= 4 is 11.0 Å². The molecule has 0 amide bonds. The maximum atomic E-state index is 11.7. The molecule has 2 heterocycles. The lowest BCUT2D eigenvalue weighted by Gasteiger charge is -2.39. The van der Waals surface area contributed by atoms with Gasteiger partial charge in [-0.1, -0.05) is 0 Å². The number of fused-ring (bicyclic) bond motifs is 1. The Labute approximate surface area is 137 Å². The van der Waals surface area contributed by atoms with Gasteiger partial charge in [-0.05, 0) is 25.1 Å². The van der Waals surface area contributed by atoms with Gasteiger partial charge in [-0.3, -0.25) is 0 Å². The molecular formula is C16H18O8. The Bertz CT molecular complexity index is 833. The molecule has 0 saturated carbocycles. The van der Waals surface area contributed by atoms with Crippen molar-refractivity contribution in [3.8, 4) is 5.75 Å². The largest absolute Gasteiger partial charge is 0.462 e. The predicted molar refractivity (Wildman–Crippen MR) is 81.6 cm³/mol. The smallest absolute Gasteiger partial charge is 0.339 e. The molecule has 1 aromatic carbocycles. The van der Waals surface area contributed by atoms with Crippen LogP contribution in [0.25, 0.3) is 11.0 Å². The van der Waals surface area contributed by atoms with Gasteiger partial charge in [-0.15, -0.1) is 0 Å². The summed E-state index contributed by atoms with van der Waals surface area (Å²) in [6.07, 6.45) is -7.03. The Hall–Kier alpha value is -1.97. The van der Waals surface area contributed by atoms with Crippen molar-refractivity contribution in [3.05, 3.63) is 40.2 Å². The Balaban J connectivity index is 1.90. The summed E-state index contributed by atoms with van der Waals surface area (Å²) >= 11 is 0. The third-order valence-corrected chi connectivity index (χ3v) is 3.88. The summed E-state index contributed by atoms with van der Waals surface area (Å²) in [6.45, 7) is 0.921. The Morgan fingerprint density at radius 2 is 2.00 bits per heavy atom. The van der Waals surface area contributed by atoms with Crippen LogP contribution in [-0.2, 0) is 4.74 Å². The van der Waals surface area contributed by atoms with E-state index in [4.69, 9.17) is 15.3 Å². The lowest BCUT2D eigenvalue weighted by atomic mass is 9.99. The number of rotatable bonds is 3. The number of hydrogen-bond donors (Lipinski definition) is 4. The highest BCUT2D eigenvalue weighted by Crippen LogP contribution is 2.26. The number of aliphatic hydroxyl groups excluding tert-OH is 4. The first-order valence-electron chi connectivity index (χ1n) is 7.84. The number of hydrogen-bond acceptors (Lipinski definition) is 8. The SMILES string of the molecule is [2H]c1c(C)c(=O)oc2cc(OC3O[C@H](CO)[C@H](O)[C@H](O)[C@H]3O)ccc12. The number of aliphatic hydroxyl groups is 4. The second-order valence-electron chi connectivity index (χ2n) is 5.61. The topological polar surface area (TPSA) is 130 Å². The van der Waals surface area contributed by atoms with E-state index < -0.39 is 42.9 Å². The normalized spacial score (nSPS) is 31.0. The van der Waals surface area contributed by atoms with Crippen molar-refractivity contribution in [2.45, 2.75) is 37.6 Å². The zero-order chi connectivity index (χ0) is 18.3. The molecule has 0 radical (unpaired) electrons. The summed E-state index contributed by atoms with van der Waals surface area (Å²) in [6, 6.07) is 4.41. The number of ether oxygens (including phenoxy) is 2. The lowest BCUT2D eigenvalue weighted by Crippen LogP contribution is -2.60. The molecule has 1 fully saturated rings. The summed E-state index contributed by atoms with van der Waals surface area (Å²) in [4.78, 5) is 11.7.